The average molecular weight is 479 g/mol. The number of hydrogen-bond donors (Lipinski definition) is 0. The molecule has 0 spiro atoms. The second kappa shape index (κ2) is 13.2. The van der Waals surface area contributed by atoms with Gasteiger partial charge < -0.3 is 13.7 Å². The second-order valence-corrected chi connectivity index (χ2v) is 4.57. The first-order chi connectivity index (χ1) is 9.18. The number of nitrogens with zero attached hydrogens (tertiary/aromatic N) is 3. The van der Waals surface area contributed by atoms with E-state index < -0.39 is 31.2 Å². The maximum atomic E-state index is 9.16. The predicted octanol–water partition coefficient (Wildman–Crippen LogP) is -2.57. The molecule has 0 aliphatic carbocycles. The Bertz CT molecular complexity index is 521. The molecule has 0 aliphatic rings. The van der Waals surface area contributed by atoms with Crippen molar-refractivity contribution in [2.24, 2.45) is 16.0 Å². The van der Waals surface area contributed by atoms with Crippen LogP contribution in [0, 0.1) is 14.7 Å². The molecule has 0 aromatic carbocycles. The van der Waals surface area contributed by atoms with Crippen molar-refractivity contribution in [1.29, 1.82) is 0 Å². The van der Waals surface area contributed by atoms with Gasteiger partial charge in [0, 0.05) is 0 Å². The van der Waals surface area contributed by atoms with E-state index in [9.17, 15) is 0 Å². The minimum atomic E-state index is -4.90. The van der Waals surface area contributed by atoms with Crippen molar-refractivity contribution >= 4 is 31.2 Å². The molecule has 131 valence electrons. The van der Waals surface area contributed by atoms with E-state index in [1.165, 1.54) is 16.0 Å². The molecule has 22 heteroatoms. The van der Waals surface area contributed by atoms with Crippen LogP contribution in [0.3, 0.4) is 0 Å². The number of rotatable bonds is 6. The van der Waals surface area contributed by atoms with Crippen molar-refractivity contribution < 1.29 is 71.2 Å². The zero-order valence-corrected chi connectivity index (χ0v) is 13.2. The summed E-state index contributed by atoms with van der Waals surface area (Å²) in [6, 6.07) is 0. The van der Waals surface area contributed by atoms with Gasteiger partial charge in [-0.05, 0) is 0 Å². The Balaban J connectivity index is -0.000000108. The molecule has 0 aliphatic heterocycles. The molecule has 0 saturated heterocycles. The van der Waals surface area contributed by atoms with Gasteiger partial charge in [0.1, 0.15) is 0 Å². The maximum Gasteiger partial charge on any atom is 3.00 e. The van der Waals surface area contributed by atoms with Gasteiger partial charge in [-0.25, -0.2) is 12.9 Å². The normalized spacial score (nSPS) is 9.95. The van der Waals surface area contributed by atoms with Crippen molar-refractivity contribution in [2.45, 2.75) is 0 Å². The van der Waals surface area contributed by atoms with E-state index >= 15 is 0 Å². The SMILES string of the molecule is O=NOS(=O)(=O)[O-].O=NOS(=O)(=O)[O-].O=NOS(=O)(=O)[O-].[Ru+3]. The molecule has 22 heavy (non-hydrogen) atoms. The van der Waals surface area contributed by atoms with Crippen molar-refractivity contribution in [3.8, 4) is 0 Å². The van der Waals surface area contributed by atoms with Crippen LogP contribution < -0.4 is 0 Å². The summed E-state index contributed by atoms with van der Waals surface area (Å²) in [6.45, 7) is 0. The van der Waals surface area contributed by atoms with Crippen molar-refractivity contribution in [3.63, 3.8) is 0 Å². The van der Waals surface area contributed by atoms with E-state index in [0.29, 0.717) is 0 Å². The Kier molecular flexibility index (Phi) is 17.2. The quantitative estimate of drug-likeness (QED) is 0.124. The van der Waals surface area contributed by atoms with E-state index in [2.05, 4.69) is 12.9 Å². The van der Waals surface area contributed by atoms with Crippen LogP contribution in [-0.4, -0.2) is 38.9 Å². The molecule has 0 aromatic heterocycles. The summed E-state index contributed by atoms with van der Waals surface area (Å²) in [6.07, 6.45) is 0. The molecule has 0 amide bonds. The molecule has 0 saturated carbocycles. The first kappa shape index (κ1) is 28.7. The summed E-state index contributed by atoms with van der Waals surface area (Å²) < 4.78 is 90.6. The van der Waals surface area contributed by atoms with Crippen molar-refractivity contribution in [3.05, 3.63) is 14.7 Å². The van der Waals surface area contributed by atoms with Crippen molar-refractivity contribution in [2.75, 3.05) is 0 Å². The standard InChI is InChI=1S/3HNO5S.Ru/c3*2-1-6-7(3,4)5;/h3*(H,3,4,5);/q;;;+3/p-3. The Hall–Kier alpha value is -1.45. The predicted molar refractivity (Wildman–Crippen MR) is 49.7 cm³/mol. The molecule has 18 nitrogen and oxygen atoms in total. The summed E-state index contributed by atoms with van der Waals surface area (Å²) in [5.41, 5.74) is 0. The van der Waals surface area contributed by atoms with Gasteiger partial charge in [0.05, 0.1) is 0 Å². The van der Waals surface area contributed by atoms with E-state index in [1.807, 2.05) is 0 Å². The van der Waals surface area contributed by atoms with Crippen LogP contribution in [0.5, 0.6) is 0 Å². The summed E-state index contributed by atoms with van der Waals surface area (Å²) in [5, 5.41) is 4.07. The molecule has 0 atom stereocenters. The van der Waals surface area contributed by atoms with Crippen LogP contribution in [0.2, 0.25) is 0 Å². The largest absolute Gasteiger partial charge is 3.00 e. The third-order valence-corrected chi connectivity index (χ3v) is 1.10. The van der Waals surface area contributed by atoms with Crippen LogP contribution in [-0.2, 0) is 63.5 Å². The van der Waals surface area contributed by atoms with Crippen LogP contribution in [0.1, 0.15) is 0 Å². The van der Waals surface area contributed by atoms with E-state index in [0.717, 1.165) is 0 Å². The Labute approximate surface area is 133 Å². The van der Waals surface area contributed by atoms with Crippen LogP contribution >= 0.6 is 0 Å². The molecule has 1 radical (unpaired) electrons. The van der Waals surface area contributed by atoms with Crippen LogP contribution in [0.15, 0.2) is 16.0 Å². The van der Waals surface area contributed by atoms with Crippen molar-refractivity contribution in [1.82, 2.24) is 0 Å². The van der Waals surface area contributed by atoms with Gasteiger partial charge in [0.2, 0.25) is 0 Å². The number of hydrogen-bond acceptors (Lipinski definition) is 18. The van der Waals surface area contributed by atoms with E-state index in [1.54, 1.807) is 0 Å². The first-order valence-corrected chi connectivity index (χ1v) is 7.10. The zero-order valence-electron chi connectivity index (χ0n) is 9.04. The van der Waals surface area contributed by atoms with Crippen LogP contribution in [0.4, 0.5) is 0 Å². The Morgan fingerprint density at radius 3 is 0.682 bits per heavy atom. The van der Waals surface area contributed by atoms with Crippen LogP contribution in [0.25, 0.3) is 0 Å². The molecule has 0 rings (SSSR count). The monoisotopic (exact) mass is 480 g/mol. The summed E-state index contributed by atoms with van der Waals surface area (Å²) >= 11 is 0. The average Bonchev–Trinajstić information content (AvgIpc) is 2.12. The molecule has 0 heterocycles. The van der Waals surface area contributed by atoms with E-state index in [4.69, 9.17) is 53.6 Å². The molecule has 0 aromatic rings. The summed E-state index contributed by atoms with van der Waals surface area (Å²) in [5.74, 6) is 0. The van der Waals surface area contributed by atoms with Gasteiger partial charge >= 0.3 is 19.5 Å². The second-order valence-electron chi connectivity index (χ2n) is 1.67. The third kappa shape index (κ3) is 51.3. The van der Waals surface area contributed by atoms with Gasteiger partial charge in [0.25, 0.3) is 31.2 Å². The molecule has 0 unspecified atom stereocenters. The van der Waals surface area contributed by atoms with Gasteiger partial charge in [-0.15, -0.1) is 14.7 Å². The fraction of sp³-hybridized carbons (Fsp3) is 0. The molecule has 0 N–H and O–H groups in total. The Morgan fingerprint density at radius 1 is 0.545 bits per heavy atom. The topological polar surface area (TPSA) is 288 Å². The molecular weight excluding hydrogens is 479 g/mol. The zero-order chi connectivity index (χ0) is 17.7. The molecule has 0 fully saturated rings. The smallest absolute Gasteiger partial charge is 0.714 e. The molecular formula is N3O15RuS3. The fourth-order valence-electron chi connectivity index (χ4n) is 0.112. The summed E-state index contributed by atoms with van der Waals surface area (Å²) in [7, 11) is -14.7. The minimum absolute atomic E-state index is 0. The van der Waals surface area contributed by atoms with Gasteiger partial charge in [0.15, 0.2) is 16.0 Å². The van der Waals surface area contributed by atoms with E-state index in [-0.39, 0.29) is 19.5 Å². The maximum absolute atomic E-state index is 9.16. The Morgan fingerprint density at radius 2 is 0.682 bits per heavy atom. The third-order valence-electron chi connectivity index (χ3n) is 0.365. The van der Waals surface area contributed by atoms with Gasteiger partial charge in [-0.3, -0.25) is 0 Å². The first-order valence-electron chi connectivity index (χ1n) is 3.10. The minimum Gasteiger partial charge on any atom is -0.714 e. The van der Waals surface area contributed by atoms with Gasteiger partial charge in [-0.1, -0.05) is 0 Å². The van der Waals surface area contributed by atoms with Gasteiger partial charge in [-0.2, -0.15) is 25.3 Å². The summed E-state index contributed by atoms with van der Waals surface area (Å²) in [4.78, 5) is 26.3. The molecule has 0 bridgehead atoms. The fourth-order valence-corrected chi connectivity index (χ4v) is 0.335.